The minimum absolute atomic E-state index is 0.0394. The van der Waals surface area contributed by atoms with Crippen LogP contribution in [0.5, 0.6) is 0 Å². The Hall–Kier alpha value is -2.60. The lowest BCUT2D eigenvalue weighted by Gasteiger charge is -2.25. The molecule has 0 bridgehead atoms. The molecule has 0 radical (unpaired) electrons. The average molecular weight is 337 g/mol. The van der Waals surface area contributed by atoms with Gasteiger partial charge in [0.2, 0.25) is 0 Å². The van der Waals surface area contributed by atoms with Crippen LogP contribution in [0.1, 0.15) is 28.5 Å². The Morgan fingerprint density at radius 2 is 1.88 bits per heavy atom. The molecule has 0 unspecified atom stereocenters. The molecule has 0 saturated carbocycles. The summed E-state index contributed by atoms with van der Waals surface area (Å²) in [6.45, 7) is 0. The van der Waals surface area contributed by atoms with Crippen LogP contribution < -0.4 is 10.9 Å². The molecule has 0 spiro atoms. The van der Waals surface area contributed by atoms with E-state index in [0.717, 1.165) is 17.7 Å². The molecule has 1 aromatic heterocycles. The van der Waals surface area contributed by atoms with Gasteiger partial charge in [0.1, 0.15) is 0 Å². The van der Waals surface area contributed by atoms with E-state index in [4.69, 9.17) is 0 Å². The lowest BCUT2D eigenvalue weighted by molar-refractivity contribution is 0.0930. The molecule has 24 heavy (non-hydrogen) atoms. The van der Waals surface area contributed by atoms with Crippen LogP contribution in [0.3, 0.4) is 0 Å². The van der Waals surface area contributed by atoms with Gasteiger partial charge in [0.15, 0.2) is 5.69 Å². The molecule has 2 heterocycles. The van der Waals surface area contributed by atoms with E-state index in [1.807, 2.05) is 18.2 Å². The van der Waals surface area contributed by atoms with Crippen molar-refractivity contribution in [2.75, 3.05) is 5.75 Å². The predicted molar refractivity (Wildman–Crippen MR) is 94.4 cm³/mol. The quantitative estimate of drug-likeness (QED) is 0.754. The third kappa shape index (κ3) is 2.59. The van der Waals surface area contributed by atoms with Gasteiger partial charge in [0.25, 0.3) is 11.5 Å². The summed E-state index contributed by atoms with van der Waals surface area (Å²) in [6, 6.07) is 15.1. The Morgan fingerprint density at radius 1 is 1.12 bits per heavy atom. The summed E-state index contributed by atoms with van der Waals surface area (Å²) < 4.78 is 0. The molecular weight excluding hydrogens is 322 g/mol. The van der Waals surface area contributed by atoms with Gasteiger partial charge in [-0.1, -0.05) is 36.4 Å². The van der Waals surface area contributed by atoms with Crippen molar-refractivity contribution in [3.8, 4) is 0 Å². The predicted octanol–water partition coefficient (Wildman–Crippen LogP) is 2.89. The van der Waals surface area contributed by atoms with E-state index in [9.17, 15) is 9.59 Å². The smallest absolute Gasteiger partial charge is 0.272 e. The summed E-state index contributed by atoms with van der Waals surface area (Å²) in [7, 11) is 0. The van der Waals surface area contributed by atoms with Crippen molar-refractivity contribution in [2.24, 2.45) is 0 Å². The van der Waals surface area contributed by atoms with Gasteiger partial charge in [-0.2, -0.15) is 5.10 Å². The van der Waals surface area contributed by atoms with E-state index in [2.05, 4.69) is 21.6 Å². The minimum atomic E-state index is -0.290. The third-order valence-electron chi connectivity index (χ3n) is 4.17. The number of thioether (sulfide) groups is 1. The summed E-state index contributed by atoms with van der Waals surface area (Å²) in [4.78, 5) is 25.8. The Labute approximate surface area is 142 Å². The summed E-state index contributed by atoms with van der Waals surface area (Å²) >= 11 is 1.81. The zero-order chi connectivity index (χ0) is 16.5. The number of H-pyrrole nitrogens is 1. The molecule has 120 valence electrons. The number of rotatable bonds is 2. The van der Waals surface area contributed by atoms with Crippen molar-refractivity contribution >= 4 is 28.4 Å². The molecule has 4 rings (SSSR count). The number of benzene rings is 2. The number of carbonyl (C=O) groups excluding carboxylic acids is 1. The summed E-state index contributed by atoms with van der Waals surface area (Å²) in [6.07, 6.45) is 0.870. The van der Waals surface area contributed by atoms with Gasteiger partial charge in [0, 0.05) is 16.0 Å². The Kier molecular flexibility index (Phi) is 3.82. The van der Waals surface area contributed by atoms with Crippen molar-refractivity contribution < 1.29 is 4.79 Å². The van der Waals surface area contributed by atoms with Crippen LogP contribution in [-0.2, 0) is 0 Å². The lowest BCUT2D eigenvalue weighted by atomic mass is 10.0. The number of nitrogens with one attached hydrogen (secondary N) is 2. The fourth-order valence-corrected chi connectivity index (χ4v) is 4.13. The maximum atomic E-state index is 12.7. The largest absolute Gasteiger partial charge is 0.344 e. The standard InChI is InChI=1S/C18H15N3O2S/c22-17-12-6-2-1-5-11(12)16(20-21-17)18(23)19-14-9-10-24-15-8-4-3-7-13(14)15/h1-8,14H,9-10H2,(H,19,23)(H,21,22)/t14-/m1/s1. The van der Waals surface area contributed by atoms with Crippen molar-refractivity contribution in [1.29, 1.82) is 0 Å². The maximum Gasteiger partial charge on any atom is 0.272 e. The number of hydrogen-bond donors (Lipinski definition) is 2. The molecule has 6 heteroatoms. The monoisotopic (exact) mass is 337 g/mol. The molecule has 5 nitrogen and oxygen atoms in total. The highest BCUT2D eigenvalue weighted by atomic mass is 32.2. The molecule has 1 amide bonds. The van der Waals surface area contributed by atoms with E-state index >= 15 is 0 Å². The fourth-order valence-electron chi connectivity index (χ4n) is 3.01. The topological polar surface area (TPSA) is 74.8 Å². The van der Waals surface area contributed by atoms with Crippen LogP contribution in [0.15, 0.2) is 58.2 Å². The molecule has 0 aliphatic carbocycles. The number of aromatic amines is 1. The number of carbonyl (C=O) groups is 1. The molecule has 1 aliphatic rings. The molecule has 2 aromatic carbocycles. The summed E-state index contributed by atoms with van der Waals surface area (Å²) in [5.41, 5.74) is 1.10. The molecular formula is C18H15N3O2S. The normalized spacial score (nSPS) is 16.6. The molecule has 2 N–H and O–H groups in total. The second kappa shape index (κ2) is 6.13. The first-order valence-electron chi connectivity index (χ1n) is 7.74. The fraction of sp³-hybridized carbons (Fsp3) is 0.167. The van der Waals surface area contributed by atoms with Crippen LogP contribution in [0, 0.1) is 0 Å². The van der Waals surface area contributed by atoms with Gasteiger partial charge in [0.05, 0.1) is 11.4 Å². The first kappa shape index (κ1) is 15.0. The zero-order valence-corrected chi connectivity index (χ0v) is 13.6. The third-order valence-corrected chi connectivity index (χ3v) is 5.30. The Bertz CT molecular complexity index is 983. The minimum Gasteiger partial charge on any atom is -0.344 e. The first-order chi connectivity index (χ1) is 11.7. The number of fused-ring (bicyclic) bond motifs is 2. The van der Waals surface area contributed by atoms with Gasteiger partial charge in [-0.05, 0) is 24.1 Å². The zero-order valence-electron chi connectivity index (χ0n) is 12.8. The molecule has 1 atom stereocenters. The van der Waals surface area contributed by atoms with E-state index in [0.29, 0.717) is 10.8 Å². The molecule has 1 aliphatic heterocycles. The van der Waals surface area contributed by atoms with Gasteiger partial charge >= 0.3 is 0 Å². The summed E-state index contributed by atoms with van der Waals surface area (Å²) in [5.74, 6) is 0.691. The number of nitrogens with zero attached hydrogens (tertiary/aromatic N) is 1. The van der Waals surface area contributed by atoms with Crippen molar-refractivity contribution in [2.45, 2.75) is 17.4 Å². The van der Waals surface area contributed by atoms with E-state index in [-0.39, 0.29) is 23.2 Å². The second-order valence-corrected chi connectivity index (χ2v) is 6.78. The van der Waals surface area contributed by atoms with Crippen molar-refractivity contribution in [3.63, 3.8) is 0 Å². The van der Waals surface area contributed by atoms with Crippen LogP contribution in [0.2, 0.25) is 0 Å². The van der Waals surface area contributed by atoms with Crippen LogP contribution >= 0.6 is 11.8 Å². The number of amides is 1. The highest BCUT2D eigenvalue weighted by Crippen LogP contribution is 2.35. The van der Waals surface area contributed by atoms with Gasteiger partial charge in [-0.15, -0.1) is 11.8 Å². The molecule has 0 saturated heterocycles. The SMILES string of the molecule is O=C(N[C@@H]1CCSc2ccccc21)c1n[nH]c(=O)c2ccccc12. The van der Waals surface area contributed by atoms with Gasteiger partial charge in [-0.25, -0.2) is 5.10 Å². The van der Waals surface area contributed by atoms with E-state index in [1.165, 1.54) is 4.90 Å². The first-order valence-corrected chi connectivity index (χ1v) is 8.72. The van der Waals surface area contributed by atoms with Crippen molar-refractivity contribution in [3.05, 3.63) is 70.1 Å². The second-order valence-electron chi connectivity index (χ2n) is 5.65. The average Bonchev–Trinajstić information content (AvgIpc) is 2.62. The Morgan fingerprint density at radius 3 is 2.75 bits per heavy atom. The lowest BCUT2D eigenvalue weighted by Crippen LogP contribution is -2.32. The van der Waals surface area contributed by atoms with Gasteiger partial charge in [-0.3, -0.25) is 9.59 Å². The highest BCUT2D eigenvalue weighted by molar-refractivity contribution is 7.99. The van der Waals surface area contributed by atoms with Crippen LogP contribution in [-0.4, -0.2) is 21.9 Å². The van der Waals surface area contributed by atoms with E-state index in [1.54, 1.807) is 36.0 Å². The highest BCUT2D eigenvalue weighted by Gasteiger charge is 2.24. The maximum absolute atomic E-state index is 12.7. The van der Waals surface area contributed by atoms with Gasteiger partial charge < -0.3 is 5.32 Å². The summed E-state index contributed by atoms with van der Waals surface area (Å²) in [5, 5.41) is 10.5. The Balaban J connectivity index is 1.69. The molecule has 0 fully saturated rings. The van der Waals surface area contributed by atoms with Crippen LogP contribution in [0.4, 0.5) is 0 Å². The van der Waals surface area contributed by atoms with Crippen molar-refractivity contribution in [1.82, 2.24) is 15.5 Å². The molecule has 3 aromatic rings. The van der Waals surface area contributed by atoms with Crippen LogP contribution in [0.25, 0.3) is 10.8 Å². The van der Waals surface area contributed by atoms with E-state index < -0.39 is 0 Å². The number of hydrogen-bond acceptors (Lipinski definition) is 4. The number of aromatic nitrogens is 2.